The summed E-state index contributed by atoms with van der Waals surface area (Å²) in [6, 6.07) is 6.62. The molecule has 0 saturated carbocycles. The Hall–Kier alpha value is -2.44. The maximum atomic E-state index is 10.9. The fraction of sp³-hybridized carbons (Fsp3) is 0.273. The van der Waals surface area contributed by atoms with Gasteiger partial charge in [-0.15, -0.1) is 0 Å². The first-order chi connectivity index (χ1) is 8.47. The van der Waals surface area contributed by atoms with E-state index in [9.17, 15) is 19.7 Å². The molecule has 0 atom stereocenters. The topological polar surface area (TPSA) is 98.5 Å². The normalized spacial score (nSPS) is 9.61. The summed E-state index contributed by atoms with van der Waals surface area (Å²) < 4.78 is 4.69. The molecule has 0 aromatic heterocycles. The highest BCUT2D eigenvalue weighted by molar-refractivity contribution is 5.88. The number of ether oxygens (including phenoxy) is 1. The van der Waals surface area contributed by atoms with Crippen molar-refractivity contribution < 1.29 is 19.2 Å². The van der Waals surface area contributed by atoms with Crippen LogP contribution < -0.4 is 5.32 Å². The Labute approximate surface area is 103 Å². The van der Waals surface area contributed by atoms with E-state index < -0.39 is 17.4 Å². The molecule has 0 unspecified atom stereocenters. The number of carbonyl (C=O) groups is 2. The van der Waals surface area contributed by atoms with E-state index in [0.29, 0.717) is 11.3 Å². The molecule has 0 aliphatic heterocycles. The van der Waals surface area contributed by atoms with Gasteiger partial charge in [-0.05, 0) is 17.7 Å². The van der Waals surface area contributed by atoms with Crippen LogP contribution in [0.3, 0.4) is 0 Å². The maximum Gasteiger partial charge on any atom is 0.378 e. The molecule has 1 aromatic rings. The highest BCUT2D eigenvalue weighted by Crippen LogP contribution is 2.10. The van der Waals surface area contributed by atoms with Gasteiger partial charge in [0, 0.05) is 17.5 Å². The molecule has 0 heterocycles. The van der Waals surface area contributed by atoms with Crippen LogP contribution in [0.4, 0.5) is 5.69 Å². The van der Waals surface area contributed by atoms with Crippen LogP contribution in [0.15, 0.2) is 24.3 Å². The summed E-state index contributed by atoms with van der Waals surface area (Å²) in [5.41, 5.74) is 1.31. The van der Waals surface area contributed by atoms with Crippen molar-refractivity contribution >= 4 is 17.6 Å². The Morgan fingerprint density at radius 2 is 1.94 bits per heavy atom. The quantitative estimate of drug-likeness (QED) is 0.478. The van der Waals surface area contributed by atoms with Gasteiger partial charge in [-0.25, -0.2) is 4.79 Å². The second kappa shape index (κ2) is 6.33. The zero-order valence-electron chi connectivity index (χ0n) is 9.71. The first kappa shape index (κ1) is 13.6. The van der Waals surface area contributed by atoms with Crippen molar-refractivity contribution in [2.24, 2.45) is 0 Å². The first-order valence-corrected chi connectivity index (χ1v) is 5.11. The third-order valence-electron chi connectivity index (χ3n) is 1.93. The first-order valence-electron chi connectivity index (χ1n) is 5.11. The van der Waals surface area contributed by atoms with Crippen molar-refractivity contribution in [1.82, 2.24) is 0 Å². The SMILES string of the molecule is CC(=O)Nc1ccc(COC(=O)C[N+](=O)[O-])cc1. The molecule has 18 heavy (non-hydrogen) atoms. The van der Waals surface area contributed by atoms with Crippen LogP contribution in [0.2, 0.25) is 0 Å². The number of nitrogens with zero attached hydrogens (tertiary/aromatic N) is 1. The zero-order valence-corrected chi connectivity index (χ0v) is 9.71. The molecule has 0 saturated heterocycles. The van der Waals surface area contributed by atoms with E-state index in [1.807, 2.05) is 0 Å². The number of nitrogens with one attached hydrogen (secondary N) is 1. The summed E-state index contributed by atoms with van der Waals surface area (Å²) in [5.74, 6) is -1.06. The van der Waals surface area contributed by atoms with Gasteiger partial charge in [-0.2, -0.15) is 0 Å². The smallest absolute Gasteiger partial charge is 0.378 e. The summed E-state index contributed by atoms with van der Waals surface area (Å²) in [4.78, 5) is 31.0. The van der Waals surface area contributed by atoms with E-state index >= 15 is 0 Å². The predicted molar refractivity (Wildman–Crippen MR) is 62.4 cm³/mol. The zero-order chi connectivity index (χ0) is 13.5. The van der Waals surface area contributed by atoms with E-state index in [2.05, 4.69) is 5.32 Å². The molecule has 0 fully saturated rings. The highest BCUT2D eigenvalue weighted by atomic mass is 16.6. The third kappa shape index (κ3) is 5.06. The van der Waals surface area contributed by atoms with Crippen molar-refractivity contribution in [3.63, 3.8) is 0 Å². The minimum atomic E-state index is -0.883. The summed E-state index contributed by atoms with van der Waals surface area (Å²) in [5, 5.41) is 12.6. The molecule has 96 valence electrons. The van der Waals surface area contributed by atoms with Crippen LogP contribution in [0.25, 0.3) is 0 Å². The second-order valence-electron chi connectivity index (χ2n) is 3.53. The van der Waals surface area contributed by atoms with E-state index in [1.165, 1.54) is 6.92 Å². The number of anilines is 1. The number of amides is 1. The van der Waals surface area contributed by atoms with Gasteiger partial charge >= 0.3 is 5.97 Å². The largest absolute Gasteiger partial charge is 0.456 e. The number of esters is 1. The predicted octanol–water partition coefficient (Wildman–Crippen LogP) is 0.965. The van der Waals surface area contributed by atoms with Crippen molar-refractivity contribution in [3.05, 3.63) is 39.9 Å². The van der Waals surface area contributed by atoms with Gasteiger partial charge in [-0.1, -0.05) is 12.1 Å². The molecule has 0 bridgehead atoms. The average Bonchev–Trinajstić information content (AvgIpc) is 2.26. The Bertz CT molecular complexity index is 455. The summed E-state index contributed by atoms with van der Waals surface area (Å²) in [7, 11) is 0. The minimum Gasteiger partial charge on any atom is -0.456 e. The van der Waals surface area contributed by atoms with Crippen molar-refractivity contribution in [1.29, 1.82) is 0 Å². The number of benzene rings is 1. The number of nitro groups is 1. The van der Waals surface area contributed by atoms with Crippen LogP contribution >= 0.6 is 0 Å². The maximum absolute atomic E-state index is 10.9. The molecular weight excluding hydrogens is 240 g/mol. The van der Waals surface area contributed by atoms with Gasteiger partial charge in [0.15, 0.2) is 0 Å². The van der Waals surface area contributed by atoms with Gasteiger partial charge in [-0.3, -0.25) is 14.9 Å². The molecular formula is C11H12N2O5. The van der Waals surface area contributed by atoms with Crippen LogP contribution in [0, 0.1) is 10.1 Å². The van der Waals surface area contributed by atoms with E-state index in [-0.39, 0.29) is 12.5 Å². The number of hydrogen-bond donors (Lipinski definition) is 1. The molecule has 1 aromatic carbocycles. The Balaban J connectivity index is 2.46. The minimum absolute atomic E-state index is 0.0347. The monoisotopic (exact) mass is 252 g/mol. The summed E-state index contributed by atoms with van der Waals surface area (Å²) in [6.07, 6.45) is 0. The van der Waals surface area contributed by atoms with Crippen LogP contribution in [-0.4, -0.2) is 23.3 Å². The summed E-state index contributed by atoms with van der Waals surface area (Å²) in [6.45, 7) is 0.518. The van der Waals surface area contributed by atoms with Gasteiger partial charge < -0.3 is 10.1 Å². The van der Waals surface area contributed by atoms with Crippen LogP contribution in [-0.2, 0) is 20.9 Å². The lowest BCUT2D eigenvalue weighted by Crippen LogP contribution is -2.16. The fourth-order valence-electron chi connectivity index (χ4n) is 1.20. The van der Waals surface area contributed by atoms with Crippen molar-refractivity contribution in [2.75, 3.05) is 11.9 Å². The van der Waals surface area contributed by atoms with Gasteiger partial charge in [0.1, 0.15) is 6.61 Å². The van der Waals surface area contributed by atoms with E-state index in [1.54, 1.807) is 24.3 Å². The Kier molecular flexibility index (Phi) is 4.79. The average molecular weight is 252 g/mol. The lowest BCUT2D eigenvalue weighted by atomic mass is 10.2. The molecule has 0 aliphatic rings. The molecule has 0 radical (unpaired) electrons. The number of rotatable bonds is 5. The van der Waals surface area contributed by atoms with Crippen molar-refractivity contribution in [3.8, 4) is 0 Å². The van der Waals surface area contributed by atoms with Crippen LogP contribution in [0.1, 0.15) is 12.5 Å². The molecule has 1 N–H and O–H groups in total. The lowest BCUT2D eigenvalue weighted by molar-refractivity contribution is -0.470. The third-order valence-corrected chi connectivity index (χ3v) is 1.93. The van der Waals surface area contributed by atoms with Gasteiger partial charge in [0.25, 0.3) is 6.54 Å². The van der Waals surface area contributed by atoms with Crippen LogP contribution in [0.5, 0.6) is 0 Å². The fourth-order valence-corrected chi connectivity index (χ4v) is 1.20. The molecule has 0 aliphatic carbocycles. The van der Waals surface area contributed by atoms with Crippen molar-refractivity contribution in [2.45, 2.75) is 13.5 Å². The standard InChI is InChI=1S/C11H12N2O5/c1-8(14)12-10-4-2-9(3-5-10)7-18-11(15)6-13(16)17/h2-5H,6-7H2,1H3,(H,12,14). The van der Waals surface area contributed by atoms with Gasteiger partial charge in [0.05, 0.1) is 0 Å². The Morgan fingerprint density at radius 3 is 2.44 bits per heavy atom. The van der Waals surface area contributed by atoms with Gasteiger partial charge in [0.2, 0.25) is 5.91 Å². The number of hydrogen-bond acceptors (Lipinski definition) is 5. The highest BCUT2D eigenvalue weighted by Gasteiger charge is 2.10. The molecule has 7 nitrogen and oxygen atoms in total. The number of carbonyl (C=O) groups excluding carboxylic acids is 2. The second-order valence-corrected chi connectivity index (χ2v) is 3.53. The molecule has 7 heteroatoms. The molecule has 0 spiro atoms. The lowest BCUT2D eigenvalue weighted by Gasteiger charge is -2.05. The molecule has 1 rings (SSSR count). The Morgan fingerprint density at radius 1 is 1.33 bits per heavy atom. The van der Waals surface area contributed by atoms with E-state index in [4.69, 9.17) is 4.74 Å². The van der Waals surface area contributed by atoms with E-state index in [0.717, 1.165) is 0 Å². The molecule has 1 amide bonds. The summed E-state index contributed by atoms with van der Waals surface area (Å²) >= 11 is 0.